The molecule has 0 spiro atoms. The summed E-state index contributed by atoms with van der Waals surface area (Å²) in [6, 6.07) is 2.59. The van der Waals surface area contributed by atoms with Crippen LogP contribution < -0.4 is 5.32 Å². The Bertz CT molecular complexity index is 271. The SMILES string of the molecule is CCCNC(C=C(C)C)c1ccsc1. The molecule has 0 bridgehead atoms. The van der Waals surface area contributed by atoms with Crippen LogP contribution in [-0.2, 0) is 0 Å². The van der Waals surface area contributed by atoms with Gasteiger partial charge in [0, 0.05) is 0 Å². The Kier molecular flexibility index (Phi) is 4.91. The average molecular weight is 209 g/mol. The van der Waals surface area contributed by atoms with Gasteiger partial charge in [0.05, 0.1) is 6.04 Å². The van der Waals surface area contributed by atoms with E-state index in [1.165, 1.54) is 17.6 Å². The lowest BCUT2D eigenvalue weighted by atomic mass is 10.1. The van der Waals surface area contributed by atoms with Gasteiger partial charge in [-0.2, -0.15) is 11.3 Å². The van der Waals surface area contributed by atoms with Crippen molar-refractivity contribution in [1.29, 1.82) is 0 Å². The molecule has 0 aliphatic carbocycles. The molecular weight excluding hydrogens is 190 g/mol. The molecule has 1 aromatic rings. The van der Waals surface area contributed by atoms with E-state index in [4.69, 9.17) is 0 Å². The molecule has 0 aromatic carbocycles. The summed E-state index contributed by atoms with van der Waals surface area (Å²) in [6.45, 7) is 7.56. The Hall–Kier alpha value is -0.600. The van der Waals surface area contributed by atoms with Gasteiger partial charge in [-0.1, -0.05) is 18.6 Å². The topological polar surface area (TPSA) is 12.0 Å². The van der Waals surface area contributed by atoms with Gasteiger partial charge in [-0.15, -0.1) is 0 Å². The van der Waals surface area contributed by atoms with Crippen LogP contribution in [0.2, 0.25) is 0 Å². The van der Waals surface area contributed by atoms with E-state index < -0.39 is 0 Å². The van der Waals surface area contributed by atoms with Crippen molar-refractivity contribution in [2.45, 2.75) is 33.2 Å². The molecule has 1 heterocycles. The van der Waals surface area contributed by atoms with Crippen molar-refractivity contribution < 1.29 is 0 Å². The number of hydrogen-bond donors (Lipinski definition) is 1. The number of rotatable bonds is 5. The smallest absolute Gasteiger partial charge is 0.0516 e. The van der Waals surface area contributed by atoms with E-state index in [-0.39, 0.29) is 0 Å². The third kappa shape index (κ3) is 3.64. The first kappa shape index (κ1) is 11.5. The first-order valence-corrected chi connectivity index (χ1v) is 6.08. The number of allylic oxidation sites excluding steroid dienone is 1. The lowest BCUT2D eigenvalue weighted by Gasteiger charge is -2.13. The molecule has 0 radical (unpaired) electrons. The fraction of sp³-hybridized carbons (Fsp3) is 0.500. The highest BCUT2D eigenvalue weighted by atomic mass is 32.1. The van der Waals surface area contributed by atoms with Crippen LogP contribution in [0.1, 0.15) is 38.8 Å². The summed E-state index contributed by atoms with van der Waals surface area (Å²) in [6.07, 6.45) is 3.47. The third-order valence-corrected chi connectivity index (χ3v) is 2.72. The summed E-state index contributed by atoms with van der Waals surface area (Å²) >= 11 is 1.76. The average Bonchev–Trinajstić information content (AvgIpc) is 2.64. The van der Waals surface area contributed by atoms with Crippen molar-refractivity contribution in [3.8, 4) is 0 Å². The van der Waals surface area contributed by atoms with Crippen LogP contribution in [0.5, 0.6) is 0 Å². The van der Waals surface area contributed by atoms with Gasteiger partial charge in [0.25, 0.3) is 0 Å². The Morgan fingerprint density at radius 3 is 2.86 bits per heavy atom. The van der Waals surface area contributed by atoms with Crippen molar-refractivity contribution in [2.75, 3.05) is 6.54 Å². The lowest BCUT2D eigenvalue weighted by Crippen LogP contribution is -2.20. The Morgan fingerprint density at radius 2 is 2.36 bits per heavy atom. The van der Waals surface area contributed by atoms with Gasteiger partial charge >= 0.3 is 0 Å². The standard InChI is InChI=1S/C12H19NS/c1-4-6-13-12(8-10(2)3)11-5-7-14-9-11/h5,7-9,12-13H,4,6H2,1-3H3. The molecule has 0 saturated heterocycles. The fourth-order valence-electron chi connectivity index (χ4n) is 1.36. The van der Waals surface area contributed by atoms with E-state index in [2.05, 4.69) is 49.0 Å². The molecule has 1 N–H and O–H groups in total. The van der Waals surface area contributed by atoms with Gasteiger partial charge in [-0.05, 0) is 49.2 Å². The van der Waals surface area contributed by atoms with Crippen LogP contribution >= 0.6 is 11.3 Å². The van der Waals surface area contributed by atoms with E-state index in [1.807, 2.05) is 0 Å². The summed E-state index contributed by atoms with van der Waals surface area (Å²) in [4.78, 5) is 0. The first-order valence-electron chi connectivity index (χ1n) is 5.14. The third-order valence-electron chi connectivity index (χ3n) is 2.02. The predicted molar refractivity (Wildman–Crippen MR) is 64.8 cm³/mol. The summed E-state index contributed by atoms with van der Waals surface area (Å²) in [5.41, 5.74) is 2.74. The molecule has 1 rings (SSSR count). The zero-order valence-electron chi connectivity index (χ0n) is 9.21. The maximum atomic E-state index is 3.53. The first-order chi connectivity index (χ1) is 6.74. The van der Waals surface area contributed by atoms with Gasteiger partial charge in [0.1, 0.15) is 0 Å². The Labute approximate surface area is 90.9 Å². The minimum Gasteiger partial charge on any atom is -0.307 e. The molecule has 1 nitrogen and oxygen atoms in total. The fourth-order valence-corrected chi connectivity index (χ4v) is 2.05. The van der Waals surface area contributed by atoms with Gasteiger partial charge in [0.15, 0.2) is 0 Å². The molecule has 0 saturated carbocycles. The molecule has 2 heteroatoms. The zero-order valence-corrected chi connectivity index (χ0v) is 10.0. The predicted octanol–water partition coefficient (Wildman–Crippen LogP) is 3.76. The Balaban J connectivity index is 2.67. The number of hydrogen-bond acceptors (Lipinski definition) is 2. The molecule has 1 atom stereocenters. The largest absolute Gasteiger partial charge is 0.307 e. The van der Waals surface area contributed by atoms with Gasteiger partial charge in [-0.3, -0.25) is 0 Å². The van der Waals surface area contributed by atoms with E-state index in [0.717, 1.165) is 6.54 Å². The molecular formula is C12H19NS. The second-order valence-corrected chi connectivity index (χ2v) is 4.51. The monoisotopic (exact) mass is 209 g/mol. The van der Waals surface area contributed by atoms with Gasteiger partial charge in [0.2, 0.25) is 0 Å². The van der Waals surface area contributed by atoms with E-state index in [0.29, 0.717) is 6.04 Å². The van der Waals surface area contributed by atoms with E-state index in [1.54, 1.807) is 11.3 Å². The van der Waals surface area contributed by atoms with Crippen molar-refractivity contribution in [1.82, 2.24) is 5.32 Å². The van der Waals surface area contributed by atoms with Crippen LogP contribution in [0.25, 0.3) is 0 Å². The highest BCUT2D eigenvalue weighted by Gasteiger charge is 2.06. The zero-order chi connectivity index (χ0) is 10.4. The highest BCUT2D eigenvalue weighted by Crippen LogP contribution is 2.18. The molecule has 1 unspecified atom stereocenters. The van der Waals surface area contributed by atoms with Crippen molar-refractivity contribution >= 4 is 11.3 Å². The summed E-state index contributed by atoms with van der Waals surface area (Å²) < 4.78 is 0. The molecule has 0 amide bonds. The van der Waals surface area contributed by atoms with Gasteiger partial charge < -0.3 is 5.32 Å². The molecule has 0 aliphatic rings. The van der Waals surface area contributed by atoms with Crippen molar-refractivity contribution in [3.63, 3.8) is 0 Å². The summed E-state index contributed by atoms with van der Waals surface area (Å²) in [5, 5.41) is 7.88. The summed E-state index contributed by atoms with van der Waals surface area (Å²) in [7, 11) is 0. The quantitative estimate of drug-likeness (QED) is 0.728. The van der Waals surface area contributed by atoms with E-state index in [9.17, 15) is 0 Å². The summed E-state index contributed by atoms with van der Waals surface area (Å²) in [5.74, 6) is 0. The van der Waals surface area contributed by atoms with Crippen molar-refractivity contribution in [3.05, 3.63) is 34.0 Å². The van der Waals surface area contributed by atoms with Crippen LogP contribution in [0.4, 0.5) is 0 Å². The minimum atomic E-state index is 0.395. The van der Waals surface area contributed by atoms with Crippen LogP contribution in [0.15, 0.2) is 28.5 Å². The second-order valence-electron chi connectivity index (χ2n) is 3.73. The van der Waals surface area contributed by atoms with Crippen LogP contribution in [0, 0.1) is 0 Å². The van der Waals surface area contributed by atoms with E-state index >= 15 is 0 Å². The molecule has 0 aliphatic heterocycles. The normalized spacial score (nSPS) is 12.5. The lowest BCUT2D eigenvalue weighted by molar-refractivity contribution is 0.611. The highest BCUT2D eigenvalue weighted by molar-refractivity contribution is 7.07. The van der Waals surface area contributed by atoms with Crippen LogP contribution in [0.3, 0.4) is 0 Å². The molecule has 0 fully saturated rings. The second kappa shape index (κ2) is 5.99. The maximum Gasteiger partial charge on any atom is 0.0516 e. The Morgan fingerprint density at radius 1 is 1.57 bits per heavy atom. The molecule has 78 valence electrons. The molecule has 14 heavy (non-hydrogen) atoms. The number of thiophene rings is 1. The van der Waals surface area contributed by atoms with Gasteiger partial charge in [-0.25, -0.2) is 0 Å². The van der Waals surface area contributed by atoms with Crippen LogP contribution in [-0.4, -0.2) is 6.54 Å². The number of nitrogens with one attached hydrogen (secondary N) is 1. The maximum absolute atomic E-state index is 3.53. The minimum absolute atomic E-state index is 0.395. The molecule has 1 aromatic heterocycles. The van der Waals surface area contributed by atoms with Crippen molar-refractivity contribution in [2.24, 2.45) is 0 Å².